The van der Waals surface area contributed by atoms with Crippen molar-refractivity contribution in [3.05, 3.63) is 65.2 Å². The molecule has 0 atom stereocenters. The molecule has 0 heterocycles. The molecule has 38 heavy (non-hydrogen) atoms. The molecule has 0 aliphatic rings. The van der Waals surface area contributed by atoms with Gasteiger partial charge in [0.05, 0.1) is 37.2 Å². The standard InChI is InChI=1S/C23H18F10O5/c24-20(25,22(28,29)30)6-8-36-18(34)15-10-16(19(35)37-9-7-21(26,27)23(31,32)33)12-17(11-15)38-13-14-4-2-1-3-5-14/h1-5,10-12H,6-9,13H2. The van der Waals surface area contributed by atoms with Crippen LogP contribution in [-0.4, -0.2) is 49.4 Å². The maximum Gasteiger partial charge on any atom is 0.453 e. The molecule has 0 aromatic heterocycles. The van der Waals surface area contributed by atoms with Crippen LogP contribution in [0.15, 0.2) is 48.5 Å². The van der Waals surface area contributed by atoms with E-state index in [2.05, 4.69) is 9.47 Å². The lowest BCUT2D eigenvalue weighted by atomic mass is 10.1. The van der Waals surface area contributed by atoms with Crippen molar-refractivity contribution in [2.45, 2.75) is 43.6 Å². The molecule has 0 N–H and O–H groups in total. The number of alkyl halides is 10. The summed E-state index contributed by atoms with van der Waals surface area (Å²) in [5, 5.41) is 0. The predicted molar refractivity (Wildman–Crippen MR) is 109 cm³/mol. The average molecular weight is 564 g/mol. The van der Waals surface area contributed by atoms with Crippen LogP contribution in [0.3, 0.4) is 0 Å². The lowest BCUT2D eigenvalue weighted by Gasteiger charge is -2.19. The minimum Gasteiger partial charge on any atom is -0.489 e. The fourth-order valence-electron chi connectivity index (χ4n) is 2.65. The SMILES string of the molecule is O=C(OCCC(F)(F)C(F)(F)F)c1cc(OCc2ccccc2)cc(C(=O)OCCC(F)(F)C(F)(F)F)c1. The van der Waals surface area contributed by atoms with Gasteiger partial charge in [-0.2, -0.15) is 43.9 Å². The predicted octanol–water partition coefficient (Wildman–Crippen LogP) is 6.75. The number of carbonyl (C=O) groups is 2. The second-order valence-electron chi connectivity index (χ2n) is 7.70. The molecule has 0 fully saturated rings. The van der Waals surface area contributed by atoms with Crippen molar-refractivity contribution in [1.82, 2.24) is 0 Å². The van der Waals surface area contributed by atoms with E-state index in [-0.39, 0.29) is 12.4 Å². The van der Waals surface area contributed by atoms with Gasteiger partial charge >= 0.3 is 36.1 Å². The number of ether oxygens (including phenoxy) is 3. The van der Waals surface area contributed by atoms with Crippen molar-refractivity contribution in [2.75, 3.05) is 13.2 Å². The van der Waals surface area contributed by atoms with Crippen LogP contribution >= 0.6 is 0 Å². The van der Waals surface area contributed by atoms with Crippen molar-refractivity contribution < 1.29 is 67.7 Å². The second kappa shape index (κ2) is 11.9. The normalized spacial score (nSPS) is 12.7. The molecule has 0 unspecified atom stereocenters. The fraction of sp³-hybridized carbons (Fsp3) is 0.391. The molecule has 0 spiro atoms. The molecule has 2 rings (SSSR count). The highest BCUT2D eigenvalue weighted by molar-refractivity contribution is 5.96. The van der Waals surface area contributed by atoms with Gasteiger partial charge in [0.1, 0.15) is 12.4 Å². The van der Waals surface area contributed by atoms with Gasteiger partial charge in [0.15, 0.2) is 0 Å². The lowest BCUT2D eigenvalue weighted by Crippen LogP contribution is -2.37. The average Bonchev–Trinajstić information content (AvgIpc) is 2.81. The molecule has 2 aromatic carbocycles. The largest absolute Gasteiger partial charge is 0.489 e. The van der Waals surface area contributed by atoms with E-state index in [0.717, 1.165) is 12.1 Å². The van der Waals surface area contributed by atoms with Gasteiger partial charge in [-0.05, 0) is 23.8 Å². The molecule has 5 nitrogen and oxygen atoms in total. The molecule has 0 saturated heterocycles. The van der Waals surface area contributed by atoms with Crippen molar-refractivity contribution in [1.29, 1.82) is 0 Å². The first kappa shape index (κ1) is 30.7. The van der Waals surface area contributed by atoms with E-state index >= 15 is 0 Å². The zero-order valence-electron chi connectivity index (χ0n) is 19.0. The Kier molecular flexibility index (Phi) is 9.61. The number of rotatable bonds is 11. The Morgan fingerprint density at radius 3 is 1.45 bits per heavy atom. The van der Waals surface area contributed by atoms with Crippen LogP contribution in [-0.2, 0) is 16.1 Å². The van der Waals surface area contributed by atoms with Crippen LogP contribution in [0.5, 0.6) is 5.75 Å². The Labute approximate surface area is 208 Å². The first-order chi connectivity index (χ1) is 17.4. The highest BCUT2D eigenvalue weighted by atomic mass is 19.4. The van der Waals surface area contributed by atoms with E-state index in [1.54, 1.807) is 30.3 Å². The van der Waals surface area contributed by atoms with E-state index in [4.69, 9.17) is 4.74 Å². The molecule has 2 aromatic rings. The Hall–Kier alpha value is -3.52. The van der Waals surface area contributed by atoms with Crippen molar-refractivity contribution in [3.8, 4) is 5.75 Å². The van der Waals surface area contributed by atoms with Crippen molar-refractivity contribution >= 4 is 11.9 Å². The summed E-state index contributed by atoms with van der Waals surface area (Å²) in [6.45, 7) is -2.87. The molecule has 15 heteroatoms. The van der Waals surface area contributed by atoms with Gasteiger partial charge in [0, 0.05) is 0 Å². The van der Waals surface area contributed by atoms with Gasteiger partial charge < -0.3 is 14.2 Å². The number of hydrogen-bond acceptors (Lipinski definition) is 5. The monoisotopic (exact) mass is 564 g/mol. The molecule has 0 aliphatic carbocycles. The second-order valence-corrected chi connectivity index (χ2v) is 7.70. The fourth-order valence-corrected chi connectivity index (χ4v) is 2.65. The van der Waals surface area contributed by atoms with Crippen LogP contribution in [0.1, 0.15) is 39.1 Å². The van der Waals surface area contributed by atoms with Gasteiger partial charge in [0.2, 0.25) is 0 Å². The Morgan fingerprint density at radius 1 is 0.632 bits per heavy atom. The summed E-state index contributed by atoms with van der Waals surface area (Å²) < 4.78 is 140. The summed E-state index contributed by atoms with van der Waals surface area (Å²) in [4.78, 5) is 24.5. The van der Waals surface area contributed by atoms with Crippen LogP contribution < -0.4 is 4.74 Å². The quantitative estimate of drug-likeness (QED) is 0.223. The first-order valence-corrected chi connectivity index (χ1v) is 10.5. The maximum atomic E-state index is 13.0. The third-order valence-electron chi connectivity index (χ3n) is 4.75. The van der Waals surface area contributed by atoms with Gasteiger partial charge in [-0.15, -0.1) is 0 Å². The molecule has 0 radical (unpaired) electrons. The molecule has 0 bridgehead atoms. The summed E-state index contributed by atoms with van der Waals surface area (Å²) in [6.07, 6.45) is -15.6. The molecule has 210 valence electrons. The van der Waals surface area contributed by atoms with Gasteiger partial charge in [-0.25, -0.2) is 9.59 Å². The number of carbonyl (C=O) groups excluding carboxylic acids is 2. The Bertz CT molecular complexity index is 1040. The Balaban J connectivity index is 2.18. The van der Waals surface area contributed by atoms with Crippen LogP contribution in [0.4, 0.5) is 43.9 Å². The van der Waals surface area contributed by atoms with E-state index in [1.165, 1.54) is 0 Å². The van der Waals surface area contributed by atoms with E-state index < -0.39 is 73.3 Å². The van der Waals surface area contributed by atoms with Crippen LogP contribution in [0, 0.1) is 0 Å². The van der Waals surface area contributed by atoms with Gasteiger partial charge in [-0.3, -0.25) is 0 Å². The summed E-state index contributed by atoms with van der Waals surface area (Å²) >= 11 is 0. The van der Waals surface area contributed by atoms with Crippen molar-refractivity contribution in [2.24, 2.45) is 0 Å². The number of halogens is 10. The summed E-state index contributed by atoms with van der Waals surface area (Å²) in [6, 6.07) is 10.9. The van der Waals surface area contributed by atoms with E-state index in [9.17, 15) is 53.5 Å². The van der Waals surface area contributed by atoms with Crippen LogP contribution in [0.25, 0.3) is 0 Å². The first-order valence-electron chi connectivity index (χ1n) is 10.5. The molecule has 0 amide bonds. The van der Waals surface area contributed by atoms with E-state index in [1.807, 2.05) is 0 Å². The molecule has 0 aliphatic heterocycles. The summed E-state index contributed by atoms with van der Waals surface area (Å²) in [5.74, 6) is -13.4. The smallest absolute Gasteiger partial charge is 0.453 e. The minimum atomic E-state index is -5.88. The maximum absolute atomic E-state index is 13.0. The molecular weight excluding hydrogens is 546 g/mol. The number of hydrogen-bond donors (Lipinski definition) is 0. The zero-order valence-corrected chi connectivity index (χ0v) is 19.0. The van der Waals surface area contributed by atoms with Gasteiger partial charge in [-0.1, -0.05) is 30.3 Å². The van der Waals surface area contributed by atoms with Crippen molar-refractivity contribution in [3.63, 3.8) is 0 Å². The minimum absolute atomic E-state index is 0.135. The number of esters is 2. The lowest BCUT2D eigenvalue weighted by molar-refractivity contribution is -0.286. The zero-order chi connectivity index (χ0) is 28.8. The van der Waals surface area contributed by atoms with Crippen LogP contribution in [0.2, 0.25) is 0 Å². The third-order valence-corrected chi connectivity index (χ3v) is 4.75. The molecular formula is C23H18F10O5. The topological polar surface area (TPSA) is 61.8 Å². The van der Waals surface area contributed by atoms with Gasteiger partial charge in [0.25, 0.3) is 0 Å². The number of benzene rings is 2. The van der Waals surface area contributed by atoms with E-state index in [0.29, 0.717) is 11.6 Å². The summed E-state index contributed by atoms with van der Waals surface area (Å²) in [7, 11) is 0. The summed E-state index contributed by atoms with van der Waals surface area (Å²) in [5.41, 5.74) is -0.565. The third kappa shape index (κ3) is 8.52. The highest BCUT2D eigenvalue weighted by Crippen LogP contribution is 2.39. The molecule has 0 saturated carbocycles. The highest BCUT2D eigenvalue weighted by Gasteiger charge is 2.57. The Morgan fingerprint density at radius 2 is 1.05 bits per heavy atom.